The van der Waals surface area contributed by atoms with Crippen molar-refractivity contribution in [1.82, 2.24) is 14.8 Å². The topological polar surface area (TPSA) is 64.8 Å². The number of sulfone groups is 1. The van der Waals surface area contributed by atoms with E-state index in [1.165, 1.54) is 28.8 Å². The molecule has 136 valence electrons. The van der Waals surface area contributed by atoms with Crippen molar-refractivity contribution >= 4 is 9.84 Å². The van der Waals surface area contributed by atoms with Gasteiger partial charge in [-0.1, -0.05) is 42.8 Å². The van der Waals surface area contributed by atoms with Crippen molar-refractivity contribution < 1.29 is 12.8 Å². The molecular weight excluding hydrogens is 353 g/mol. The number of hydrogen-bond acceptors (Lipinski definition) is 4. The maximum absolute atomic E-state index is 13.2. The van der Waals surface area contributed by atoms with E-state index in [1.54, 1.807) is 14.0 Å². The van der Waals surface area contributed by atoms with Gasteiger partial charge in [-0.25, -0.2) is 12.8 Å². The fraction of sp³-hybridized carbons (Fsp3) is 0.263. The van der Waals surface area contributed by atoms with Gasteiger partial charge in [0.1, 0.15) is 5.82 Å². The third kappa shape index (κ3) is 3.26. The Kier molecular flexibility index (Phi) is 4.91. The van der Waals surface area contributed by atoms with Crippen LogP contribution in [-0.4, -0.2) is 23.2 Å². The van der Waals surface area contributed by atoms with Gasteiger partial charge in [-0.05, 0) is 37.1 Å². The average Bonchev–Trinajstić information content (AvgIpc) is 2.99. The minimum absolute atomic E-state index is 0.0924. The molecule has 0 N–H and O–H groups in total. The van der Waals surface area contributed by atoms with Crippen LogP contribution >= 0.6 is 0 Å². The summed E-state index contributed by atoms with van der Waals surface area (Å²) in [6.07, 6.45) is 0.348. The Labute approximate surface area is 152 Å². The summed E-state index contributed by atoms with van der Waals surface area (Å²) in [7, 11) is -2.14. The van der Waals surface area contributed by atoms with E-state index in [0.717, 1.165) is 11.1 Å². The van der Waals surface area contributed by atoms with Crippen LogP contribution in [0.4, 0.5) is 4.39 Å². The summed E-state index contributed by atoms with van der Waals surface area (Å²) in [6.45, 7) is 3.74. The molecule has 26 heavy (non-hydrogen) atoms. The van der Waals surface area contributed by atoms with Crippen molar-refractivity contribution in [3.8, 4) is 11.4 Å². The van der Waals surface area contributed by atoms with Crippen LogP contribution in [0.15, 0.2) is 53.7 Å². The van der Waals surface area contributed by atoms with Crippen LogP contribution in [0.1, 0.15) is 29.7 Å². The molecule has 0 aliphatic carbocycles. The second-order valence-corrected chi connectivity index (χ2v) is 8.25. The third-order valence-corrected chi connectivity index (χ3v) is 6.57. The number of halogens is 1. The first kappa shape index (κ1) is 18.3. The summed E-state index contributed by atoms with van der Waals surface area (Å²) in [5.74, 6) is 0.0858. The van der Waals surface area contributed by atoms with E-state index >= 15 is 0 Å². The van der Waals surface area contributed by atoms with Gasteiger partial charge in [-0.3, -0.25) is 0 Å². The number of aryl methyl sites for hydroxylation is 1. The summed E-state index contributed by atoms with van der Waals surface area (Å²) in [4.78, 5) is 0. The molecule has 0 amide bonds. The summed E-state index contributed by atoms with van der Waals surface area (Å²) >= 11 is 0. The van der Waals surface area contributed by atoms with Gasteiger partial charge in [0, 0.05) is 12.6 Å². The SMILES string of the molecule is CC[C@H](c1ccc(F)cc1)S(=O)(=O)c1nnc(-c2cccc(C)c2)n1C. The second-order valence-electron chi connectivity index (χ2n) is 6.23. The average molecular weight is 373 g/mol. The van der Waals surface area contributed by atoms with E-state index in [4.69, 9.17) is 0 Å². The molecule has 0 unspecified atom stereocenters. The monoisotopic (exact) mass is 373 g/mol. The van der Waals surface area contributed by atoms with Crippen LogP contribution in [0.3, 0.4) is 0 Å². The number of nitrogens with zero attached hydrogens (tertiary/aromatic N) is 3. The van der Waals surface area contributed by atoms with Crippen molar-refractivity contribution in [2.24, 2.45) is 7.05 Å². The Morgan fingerprint density at radius 2 is 1.81 bits per heavy atom. The molecule has 1 heterocycles. The van der Waals surface area contributed by atoms with E-state index in [1.807, 2.05) is 31.2 Å². The first-order valence-electron chi connectivity index (χ1n) is 8.30. The van der Waals surface area contributed by atoms with Crippen LogP contribution in [-0.2, 0) is 16.9 Å². The molecule has 2 aromatic carbocycles. The highest BCUT2D eigenvalue weighted by Crippen LogP contribution is 2.32. The van der Waals surface area contributed by atoms with Gasteiger partial charge in [-0.2, -0.15) is 0 Å². The molecule has 0 aliphatic rings. The lowest BCUT2D eigenvalue weighted by atomic mass is 10.1. The highest BCUT2D eigenvalue weighted by Gasteiger charge is 2.32. The van der Waals surface area contributed by atoms with Crippen molar-refractivity contribution in [2.45, 2.75) is 30.7 Å². The fourth-order valence-electron chi connectivity index (χ4n) is 3.04. The van der Waals surface area contributed by atoms with E-state index in [0.29, 0.717) is 17.8 Å². The van der Waals surface area contributed by atoms with Gasteiger partial charge in [-0.15, -0.1) is 10.2 Å². The summed E-state index contributed by atoms with van der Waals surface area (Å²) in [6, 6.07) is 13.2. The lowest BCUT2D eigenvalue weighted by molar-refractivity contribution is 0.561. The van der Waals surface area contributed by atoms with Crippen molar-refractivity contribution in [3.63, 3.8) is 0 Å². The molecular formula is C19H20FN3O2S. The van der Waals surface area contributed by atoms with Crippen LogP contribution in [0.5, 0.6) is 0 Å². The summed E-state index contributed by atoms with van der Waals surface area (Å²) < 4.78 is 41.0. The summed E-state index contributed by atoms with van der Waals surface area (Å²) in [5, 5.41) is 7.15. The van der Waals surface area contributed by atoms with E-state index < -0.39 is 20.9 Å². The van der Waals surface area contributed by atoms with Gasteiger partial charge in [0.25, 0.3) is 0 Å². The largest absolute Gasteiger partial charge is 0.301 e. The van der Waals surface area contributed by atoms with Crippen molar-refractivity contribution in [3.05, 3.63) is 65.5 Å². The number of aromatic nitrogens is 3. The van der Waals surface area contributed by atoms with Crippen LogP contribution < -0.4 is 0 Å². The zero-order chi connectivity index (χ0) is 18.9. The Bertz CT molecular complexity index is 1030. The molecule has 7 heteroatoms. The highest BCUT2D eigenvalue weighted by atomic mass is 32.2. The molecule has 0 bridgehead atoms. The minimum atomic E-state index is -3.78. The van der Waals surface area contributed by atoms with E-state index in [2.05, 4.69) is 10.2 Å². The van der Waals surface area contributed by atoms with Gasteiger partial charge in [0.2, 0.25) is 15.0 Å². The molecule has 0 saturated heterocycles. The molecule has 0 spiro atoms. The minimum Gasteiger partial charge on any atom is -0.301 e. The third-order valence-electron chi connectivity index (χ3n) is 4.35. The van der Waals surface area contributed by atoms with Crippen LogP contribution in [0, 0.1) is 12.7 Å². The first-order chi connectivity index (χ1) is 12.3. The van der Waals surface area contributed by atoms with E-state index in [9.17, 15) is 12.8 Å². The first-order valence-corrected chi connectivity index (χ1v) is 9.85. The molecule has 0 radical (unpaired) electrons. The molecule has 0 aliphatic heterocycles. The van der Waals surface area contributed by atoms with Gasteiger partial charge >= 0.3 is 0 Å². The van der Waals surface area contributed by atoms with Gasteiger partial charge < -0.3 is 4.57 Å². The zero-order valence-corrected chi connectivity index (χ0v) is 15.7. The standard InChI is InChI=1S/C19H20FN3O2S/c1-4-17(14-8-10-16(20)11-9-14)26(24,25)19-22-21-18(23(19)3)15-7-5-6-13(2)12-15/h5-12,17H,4H2,1-3H3/t17-/m1/s1. The molecule has 1 aromatic heterocycles. The maximum atomic E-state index is 13.2. The zero-order valence-electron chi connectivity index (χ0n) is 14.8. The van der Waals surface area contributed by atoms with Crippen LogP contribution in [0.25, 0.3) is 11.4 Å². The number of benzene rings is 2. The predicted octanol–water partition coefficient (Wildman–Crippen LogP) is 3.85. The normalized spacial score (nSPS) is 12.9. The van der Waals surface area contributed by atoms with Crippen molar-refractivity contribution in [1.29, 1.82) is 0 Å². The second kappa shape index (κ2) is 6.99. The smallest absolute Gasteiger partial charge is 0.250 e. The molecule has 3 rings (SSSR count). The maximum Gasteiger partial charge on any atom is 0.250 e. The number of rotatable bonds is 5. The number of hydrogen-bond donors (Lipinski definition) is 0. The quantitative estimate of drug-likeness (QED) is 0.681. The Balaban J connectivity index is 2.06. The Morgan fingerprint density at radius 1 is 1.12 bits per heavy atom. The van der Waals surface area contributed by atoms with Gasteiger partial charge in [0.15, 0.2) is 5.82 Å². The lowest BCUT2D eigenvalue weighted by Crippen LogP contribution is -2.17. The van der Waals surface area contributed by atoms with Gasteiger partial charge in [0.05, 0.1) is 5.25 Å². The van der Waals surface area contributed by atoms with Crippen molar-refractivity contribution in [2.75, 3.05) is 0 Å². The molecule has 1 atom stereocenters. The molecule has 3 aromatic rings. The molecule has 5 nitrogen and oxygen atoms in total. The summed E-state index contributed by atoms with van der Waals surface area (Å²) in [5.41, 5.74) is 2.39. The fourth-order valence-corrected chi connectivity index (χ4v) is 4.87. The Morgan fingerprint density at radius 3 is 2.42 bits per heavy atom. The highest BCUT2D eigenvalue weighted by molar-refractivity contribution is 7.91. The molecule has 0 fully saturated rings. The lowest BCUT2D eigenvalue weighted by Gasteiger charge is -2.16. The van der Waals surface area contributed by atoms with E-state index in [-0.39, 0.29) is 5.16 Å². The van der Waals surface area contributed by atoms with Crippen LogP contribution in [0.2, 0.25) is 0 Å². The predicted molar refractivity (Wildman–Crippen MR) is 97.8 cm³/mol. The Hall–Kier alpha value is -2.54. The molecule has 0 saturated carbocycles.